The molecule has 7 nitrogen and oxygen atoms in total. The molecule has 1 unspecified atom stereocenters. The van der Waals surface area contributed by atoms with Crippen molar-refractivity contribution in [1.82, 2.24) is 5.32 Å². The van der Waals surface area contributed by atoms with Crippen LogP contribution in [0.2, 0.25) is 0 Å². The fraction of sp³-hybridized carbons (Fsp3) is 0.714. The van der Waals surface area contributed by atoms with Crippen LogP contribution in [-0.2, 0) is 27.9 Å². The topological polar surface area (TPSA) is 83.1 Å². The zero-order chi connectivity index (χ0) is 11.8. The van der Waals surface area contributed by atoms with Gasteiger partial charge in [-0.05, 0) is 0 Å². The lowest BCUT2D eigenvalue weighted by molar-refractivity contribution is -0.153. The molecule has 0 bridgehead atoms. The lowest BCUT2D eigenvalue weighted by atomic mass is 10.5. The molecule has 0 aromatic heterocycles. The van der Waals surface area contributed by atoms with Gasteiger partial charge in [0.15, 0.2) is 0 Å². The van der Waals surface area contributed by atoms with Crippen molar-refractivity contribution in [3.8, 4) is 0 Å². The van der Waals surface area contributed by atoms with Crippen molar-refractivity contribution in [3.63, 3.8) is 0 Å². The number of hydrogen-bond acceptors (Lipinski definition) is 6. The molecule has 0 saturated heterocycles. The van der Waals surface area contributed by atoms with Gasteiger partial charge in [-0.3, -0.25) is 9.32 Å². The number of ether oxygens (including phenoxy) is 1. The molecular weight excluding hydrogens is 225 g/mol. The first-order chi connectivity index (χ1) is 7.04. The second kappa shape index (κ2) is 7.53. The smallest absolute Gasteiger partial charge is 0.356 e. The van der Waals surface area contributed by atoms with Crippen LogP contribution in [0.1, 0.15) is 6.92 Å². The fourth-order valence-corrected chi connectivity index (χ4v) is 1.30. The summed E-state index contributed by atoms with van der Waals surface area (Å²) < 4.78 is 19.0. The Morgan fingerprint density at radius 1 is 1.20 bits per heavy atom. The van der Waals surface area contributed by atoms with E-state index < -0.39 is 26.7 Å². The highest BCUT2D eigenvalue weighted by Crippen LogP contribution is 2.38. The Labute approximate surface area is 89.0 Å². The fourth-order valence-electron chi connectivity index (χ4n) is 0.667. The van der Waals surface area contributed by atoms with Crippen LogP contribution in [0.4, 0.5) is 0 Å². The van der Waals surface area contributed by atoms with Crippen LogP contribution >= 0.6 is 8.60 Å². The monoisotopic (exact) mass is 239 g/mol. The van der Waals surface area contributed by atoms with Crippen LogP contribution in [0.25, 0.3) is 0 Å². The molecule has 0 spiro atoms. The molecule has 0 saturated carbocycles. The zero-order valence-electron chi connectivity index (χ0n) is 8.97. The number of hydrogen-bond donors (Lipinski definition) is 1. The summed E-state index contributed by atoms with van der Waals surface area (Å²) in [4.78, 5) is 21.9. The Hall–Kier alpha value is -0.750. The van der Waals surface area contributed by atoms with E-state index in [0.29, 0.717) is 0 Å². The number of esters is 1. The van der Waals surface area contributed by atoms with Crippen molar-refractivity contribution in [3.05, 3.63) is 0 Å². The minimum absolute atomic E-state index is 0.424. The van der Waals surface area contributed by atoms with Gasteiger partial charge in [0.25, 0.3) is 0 Å². The molecule has 1 amide bonds. The summed E-state index contributed by atoms with van der Waals surface area (Å²) in [6.45, 7) is 1.25. The van der Waals surface area contributed by atoms with Crippen molar-refractivity contribution >= 4 is 20.5 Å². The normalized spacial score (nSPS) is 12.3. The number of carbonyl (C=O) groups is 2. The molecule has 8 heteroatoms. The highest BCUT2D eigenvalue weighted by atomic mass is 31.2. The summed E-state index contributed by atoms with van der Waals surface area (Å²) in [6, 6.07) is 0. The Bertz CT molecular complexity index is 220. The molecule has 0 rings (SSSR count). The Morgan fingerprint density at radius 2 is 1.73 bits per heavy atom. The van der Waals surface area contributed by atoms with Crippen molar-refractivity contribution in [2.24, 2.45) is 0 Å². The summed E-state index contributed by atoms with van der Waals surface area (Å²) in [6.07, 6.45) is -1.22. The van der Waals surface area contributed by atoms with E-state index in [9.17, 15) is 9.59 Å². The maximum absolute atomic E-state index is 11.2. The average molecular weight is 239 g/mol. The molecule has 0 aliphatic heterocycles. The lowest BCUT2D eigenvalue weighted by Crippen LogP contribution is -2.41. The van der Waals surface area contributed by atoms with Crippen molar-refractivity contribution in [1.29, 1.82) is 0 Å². The number of amides is 1. The van der Waals surface area contributed by atoms with Gasteiger partial charge in [0.05, 0.1) is 7.11 Å². The maximum Gasteiger partial charge on any atom is 0.356 e. The van der Waals surface area contributed by atoms with Gasteiger partial charge in [-0.25, -0.2) is 4.79 Å². The van der Waals surface area contributed by atoms with Gasteiger partial charge >= 0.3 is 14.6 Å². The summed E-state index contributed by atoms with van der Waals surface area (Å²) in [5, 5.41) is 2.25. The summed E-state index contributed by atoms with van der Waals surface area (Å²) in [5.74, 6) is -1.15. The Kier molecular flexibility index (Phi) is 7.15. The first-order valence-electron chi connectivity index (χ1n) is 3.95. The largest absolute Gasteiger partial charge is 0.466 e. The summed E-state index contributed by atoms with van der Waals surface area (Å²) in [5.41, 5.74) is 0. The zero-order valence-corrected chi connectivity index (χ0v) is 9.87. The van der Waals surface area contributed by atoms with E-state index in [0.717, 1.165) is 0 Å². The van der Waals surface area contributed by atoms with Gasteiger partial charge in [0.1, 0.15) is 0 Å². The van der Waals surface area contributed by atoms with Crippen LogP contribution in [-0.4, -0.2) is 39.4 Å². The van der Waals surface area contributed by atoms with Crippen LogP contribution in [0, 0.1) is 0 Å². The third-order valence-electron chi connectivity index (χ3n) is 1.24. The van der Waals surface area contributed by atoms with Gasteiger partial charge < -0.3 is 19.1 Å². The van der Waals surface area contributed by atoms with E-state index in [1.807, 2.05) is 0 Å². The molecule has 0 heterocycles. The van der Waals surface area contributed by atoms with E-state index in [4.69, 9.17) is 13.6 Å². The second-order valence-electron chi connectivity index (χ2n) is 2.30. The molecule has 0 aliphatic carbocycles. The molecule has 15 heavy (non-hydrogen) atoms. The number of methoxy groups -OCH3 is 1. The van der Waals surface area contributed by atoms with E-state index >= 15 is 0 Å². The quantitative estimate of drug-likeness (QED) is 0.404. The van der Waals surface area contributed by atoms with Crippen LogP contribution < -0.4 is 5.32 Å². The third kappa shape index (κ3) is 5.64. The van der Waals surface area contributed by atoms with Crippen molar-refractivity contribution < 1.29 is 27.9 Å². The van der Waals surface area contributed by atoms with Gasteiger partial charge in [-0.15, -0.1) is 0 Å². The molecule has 88 valence electrons. The second-order valence-corrected chi connectivity index (χ2v) is 3.69. The summed E-state index contributed by atoms with van der Waals surface area (Å²) >= 11 is 0. The number of rotatable bonds is 6. The molecule has 0 aromatic carbocycles. The van der Waals surface area contributed by atoms with Crippen molar-refractivity contribution in [2.75, 3.05) is 21.3 Å². The van der Waals surface area contributed by atoms with E-state index in [2.05, 4.69) is 10.1 Å². The molecule has 0 radical (unpaired) electrons. The molecule has 0 aliphatic rings. The van der Waals surface area contributed by atoms with Gasteiger partial charge in [-0.2, -0.15) is 0 Å². The van der Waals surface area contributed by atoms with E-state index in [-0.39, 0.29) is 0 Å². The van der Waals surface area contributed by atoms with E-state index in [1.54, 1.807) is 0 Å². The minimum atomic E-state index is -1.68. The highest BCUT2D eigenvalue weighted by molar-refractivity contribution is 7.41. The van der Waals surface area contributed by atoms with E-state index in [1.165, 1.54) is 28.3 Å². The third-order valence-corrected chi connectivity index (χ3v) is 2.22. The number of carbonyl (C=O) groups excluding carboxylic acids is 2. The summed E-state index contributed by atoms with van der Waals surface area (Å²) in [7, 11) is 2.22. The van der Waals surface area contributed by atoms with Crippen LogP contribution in [0.15, 0.2) is 0 Å². The van der Waals surface area contributed by atoms with Crippen LogP contribution in [0.3, 0.4) is 0 Å². The lowest BCUT2D eigenvalue weighted by Gasteiger charge is -2.19. The molecular formula is C7H14NO6P. The highest BCUT2D eigenvalue weighted by Gasteiger charge is 2.26. The van der Waals surface area contributed by atoms with Crippen LogP contribution in [0.5, 0.6) is 0 Å². The number of nitrogens with one attached hydrogen (secondary N) is 1. The molecule has 0 aromatic rings. The van der Waals surface area contributed by atoms with Gasteiger partial charge in [-0.1, -0.05) is 0 Å². The van der Waals surface area contributed by atoms with Gasteiger partial charge in [0.2, 0.25) is 12.1 Å². The molecule has 1 N–H and O–H groups in total. The Balaban J connectivity index is 4.35. The molecule has 1 atom stereocenters. The Morgan fingerprint density at radius 3 is 2.07 bits per heavy atom. The standard InChI is InChI=1S/C7H14NO6P/c1-5(9)8-6(7(10)11-2)14-15(12-3)13-4/h6H,1-4H3,(H,8,9). The van der Waals surface area contributed by atoms with Gasteiger partial charge in [0, 0.05) is 21.1 Å². The minimum Gasteiger partial charge on any atom is -0.466 e. The predicted octanol–water partition coefficient (Wildman–Crippen LogP) is 0.158. The average Bonchev–Trinajstić information content (AvgIpc) is 2.22. The first kappa shape index (κ1) is 14.2. The maximum atomic E-state index is 11.2. The SMILES string of the molecule is COC(=O)C(NC(C)=O)OP(OC)OC. The predicted molar refractivity (Wildman–Crippen MR) is 51.6 cm³/mol. The van der Waals surface area contributed by atoms with Crippen molar-refractivity contribution in [2.45, 2.75) is 13.2 Å². The molecule has 0 fully saturated rings. The first-order valence-corrected chi connectivity index (χ1v) is 5.04.